The second-order valence-electron chi connectivity index (χ2n) is 5.86. The molecule has 0 aliphatic carbocycles. The van der Waals surface area contributed by atoms with E-state index in [9.17, 15) is 0 Å². The molecule has 0 aliphatic rings. The summed E-state index contributed by atoms with van der Waals surface area (Å²) in [6.45, 7) is 2.92. The molecule has 136 valence electrons. The molecule has 0 unspecified atom stereocenters. The van der Waals surface area contributed by atoms with E-state index < -0.39 is 0 Å². The van der Waals surface area contributed by atoms with E-state index in [0.29, 0.717) is 6.04 Å². The maximum Gasteiger partial charge on any atom is 0.161 e. The summed E-state index contributed by atoms with van der Waals surface area (Å²) in [5.74, 6) is 2.99. The fraction of sp³-hybridized carbons (Fsp3) is 0.400. The van der Waals surface area contributed by atoms with Crippen LogP contribution in [0.5, 0.6) is 23.0 Å². The van der Waals surface area contributed by atoms with Crippen LogP contribution in [0.2, 0.25) is 0 Å². The fourth-order valence-corrected chi connectivity index (χ4v) is 2.72. The molecule has 0 aromatic heterocycles. The zero-order valence-corrected chi connectivity index (χ0v) is 15.6. The topological polar surface area (TPSA) is 49.0 Å². The first-order valence-electron chi connectivity index (χ1n) is 8.26. The first-order valence-corrected chi connectivity index (χ1v) is 8.26. The summed E-state index contributed by atoms with van der Waals surface area (Å²) in [6.07, 6.45) is 0.896. The summed E-state index contributed by atoms with van der Waals surface area (Å²) in [5, 5.41) is 3.53. The molecule has 2 aromatic carbocycles. The smallest absolute Gasteiger partial charge is 0.161 e. The van der Waals surface area contributed by atoms with Gasteiger partial charge in [-0.3, -0.25) is 0 Å². The zero-order chi connectivity index (χ0) is 18.2. The van der Waals surface area contributed by atoms with Gasteiger partial charge in [0.2, 0.25) is 0 Å². The van der Waals surface area contributed by atoms with Crippen molar-refractivity contribution >= 4 is 0 Å². The Hall–Kier alpha value is -2.40. The van der Waals surface area contributed by atoms with Crippen LogP contribution in [-0.4, -0.2) is 34.5 Å². The van der Waals surface area contributed by atoms with Crippen molar-refractivity contribution in [2.24, 2.45) is 0 Å². The average molecular weight is 345 g/mol. The molecule has 5 nitrogen and oxygen atoms in total. The van der Waals surface area contributed by atoms with Gasteiger partial charge in [-0.05, 0) is 48.7 Å². The number of benzene rings is 2. The Balaban J connectivity index is 1.95. The fourth-order valence-electron chi connectivity index (χ4n) is 2.72. The lowest BCUT2D eigenvalue weighted by Crippen LogP contribution is -2.27. The van der Waals surface area contributed by atoms with Gasteiger partial charge in [0.25, 0.3) is 0 Å². The maximum atomic E-state index is 5.36. The van der Waals surface area contributed by atoms with Crippen LogP contribution in [0.25, 0.3) is 0 Å². The summed E-state index contributed by atoms with van der Waals surface area (Å²) in [5.41, 5.74) is 2.35. The Bertz CT molecular complexity index is 687. The Kier molecular flexibility index (Phi) is 6.95. The van der Waals surface area contributed by atoms with Gasteiger partial charge in [-0.1, -0.05) is 12.1 Å². The van der Waals surface area contributed by atoms with Gasteiger partial charge in [-0.15, -0.1) is 0 Å². The summed E-state index contributed by atoms with van der Waals surface area (Å²) >= 11 is 0. The van der Waals surface area contributed by atoms with Crippen LogP contribution in [0.1, 0.15) is 18.1 Å². The largest absolute Gasteiger partial charge is 0.493 e. The van der Waals surface area contributed by atoms with Crippen LogP contribution in [0.15, 0.2) is 36.4 Å². The van der Waals surface area contributed by atoms with Gasteiger partial charge in [-0.2, -0.15) is 0 Å². The highest BCUT2D eigenvalue weighted by molar-refractivity contribution is 5.44. The Labute approximate surface area is 149 Å². The zero-order valence-electron chi connectivity index (χ0n) is 15.6. The highest BCUT2D eigenvalue weighted by atomic mass is 16.5. The van der Waals surface area contributed by atoms with Gasteiger partial charge in [0.1, 0.15) is 0 Å². The van der Waals surface area contributed by atoms with E-state index >= 15 is 0 Å². The van der Waals surface area contributed by atoms with E-state index in [-0.39, 0.29) is 0 Å². The molecular formula is C20H27NO4. The average Bonchev–Trinajstić information content (AvgIpc) is 2.65. The summed E-state index contributed by atoms with van der Waals surface area (Å²) in [4.78, 5) is 0. The third kappa shape index (κ3) is 5.03. The normalized spacial score (nSPS) is 11.7. The molecule has 0 heterocycles. The number of rotatable bonds is 9. The van der Waals surface area contributed by atoms with E-state index in [0.717, 1.165) is 41.5 Å². The van der Waals surface area contributed by atoms with Crippen molar-refractivity contribution in [3.05, 3.63) is 47.5 Å². The molecule has 0 amide bonds. The van der Waals surface area contributed by atoms with Crippen molar-refractivity contribution in [1.29, 1.82) is 0 Å². The number of hydrogen-bond donors (Lipinski definition) is 1. The van der Waals surface area contributed by atoms with Crippen LogP contribution >= 0.6 is 0 Å². The Morgan fingerprint density at radius 2 is 1.20 bits per heavy atom. The van der Waals surface area contributed by atoms with Gasteiger partial charge < -0.3 is 24.3 Å². The van der Waals surface area contributed by atoms with Crippen molar-refractivity contribution in [1.82, 2.24) is 5.32 Å². The molecule has 0 saturated heterocycles. The molecule has 0 bridgehead atoms. The molecular weight excluding hydrogens is 318 g/mol. The molecule has 1 atom stereocenters. The van der Waals surface area contributed by atoms with Crippen LogP contribution in [-0.2, 0) is 13.0 Å². The van der Waals surface area contributed by atoms with Crippen molar-refractivity contribution < 1.29 is 18.9 Å². The van der Waals surface area contributed by atoms with Crippen molar-refractivity contribution in [2.45, 2.75) is 25.9 Å². The standard InChI is InChI=1S/C20H27NO4/c1-14(10-15-6-8-17(22-2)19(11-15)24-4)21-13-16-7-9-18(23-3)20(12-16)25-5/h6-9,11-12,14,21H,10,13H2,1-5H3/t14-/m1/s1. The highest BCUT2D eigenvalue weighted by Gasteiger charge is 2.09. The minimum atomic E-state index is 0.311. The van der Waals surface area contributed by atoms with E-state index in [4.69, 9.17) is 18.9 Å². The molecule has 0 fully saturated rings. The second kappa shape index (κ2) is 9.18. The number of methoxy groups -OCH3 is 4. The molecule has 0 radical (unpaired) electrons. The number of ether oxygens (including phenoxy) is 4. The molecule has 5 heteroatoms. The monoisotopic (exact) mass is 345 g/mol. The van der Waals surface area contributed by atoms with Gasteiger partial charge in [0.15, 0.2) is 23.0 Å². The van der Waals surface area contributed by atoms with Crippen LogP contribution in [0, 0.1) is 0 Å². The van der Waals surface area contributed by atoms with Crippen molar-refractivity contribution in [2.75, 3.05) is 28.4 Å². The van der Waals surface area contributed by atoms with E-state index in [2.05, 4.69) is 18.3 Å². The maximum absolute atomic E-state index is 5.36. The van der Waals surface area contributed by atoms with Crippen molar-refractivity contribution in [3.8, 4) is 23.0 Å². The van der Waals surface area contributed by atoms with Crippen LogP contribution in [0.4, 0.5) is 0 Å². The quantitative estimate of drug-likeness (QED) is 0.754. The minimum Gasteiger partial charge on any atom is -0.493 e. The van der Waals surface area contributed by atoms with Crippen LogP contribution < -0.4 is 24.3 Å². The second-order valence-corrected chi connectivity index (χ2v) is 5.86. The lowest BCUT2D eigenvalue weighted by atomic mass is 10.1. The third-order valence-corrected chi connectivity index (χ3v) is 4.09. The summed E-state index contributed by atoms with van der Waals surface area (Å²) in [7, 11) is 6.58. The first kappa shape index (κ1) is 18.9. The van der Waals surface area contributed by atoms with Gasteiger partial charge in [0, 0.05) is 12.6 Å². The molecule has 1 N–H and O–H groups in total. The van der Waals surface area contributed by atoms with Crippen molar-refractivity contribution in [3.63, 3.8) is 0 Å². The van der Waals surface area contributed by atoms with E-state index in [1.807, 2.05) is 30.3 Å². The molecule has 25 heavy (non-hydrogen) atoms. The predicted octanol–water partition coefficient (Wildman–Crippen LogP) is 3.44. The highest BCUT2D eigenvalue weighted by Crippen LogP contribution is 2.29. The minimum absolute atomic E-state index is 0.311. The third-order valence-electron chi connectivity index (χ3n) is 4.09. The molecule has 0 spiro atoms. The van der Waals surface area contributed by atoms with Crippen LogP contribution in [0.3, 0.4) is 0 Å². The van der Waals surface area contributed by atoms with E-state index in [1.54, 1.807) is 28.4 Å². The SMILES string of the molecule is COc1ccc(CN[C@H](C)Cc2ccc(OC)c(OC)c2)cc1OC. The molecule has 2 aromatic rings. The molecule has 0 aliphatic heterocycles. The van der Waals surface area contributed by atoms with Gasteiger partial charge in [0.05, 0.1) is 28.4 Å². The summed E-state index contributed by atoms with van der Waals surface area (Å²) in [6, 6.07) is 12.3. The number of hydrogen-bond acceptors (Lipinski definition) is 5. The predicted molar refractivity (Wildman–Crippen MR) is 99.1 cm³/mol. The lowest BCUT2D eigenvalue weighted by molar-refractivity contribution is 0.354. The lowest BCUT2D eigenvalue weighted by Gasteiger charge is -2.16. The first-order chi connectivity index (χ1) is 12.1. The molecule has 2 rings (SSSR count). The van der Waals surface area contributed by atoms with Gasteiger partial charge >= 0.3 is 0 Å². The summed E-state index contributed by atoms with van der Waals surface area (Å²) < 4.78 is 21.3. The molecule has 0 saturated carbocycles. The van der Waals surface area contributed by atoms with Gasteiger partial charge in [-0.25, -0.2) is 0 Å². The number of nitrogens with one attached hydrogen (secondary N) is 1. The Morgan fingerprint density at radius 1 is 0.720 bits per heavy atom. The Morgan fingerprint density at radius 3 is 1.72 bits per heavy atom. The van der Waals surface area contributed by atoms with E-state index in [1.165, 1.54) is 5.56 Å².